The maximum absolute atomic E-state index is 11.7. The highest BCUT2D eigenvalue weighted by Gasteiger charge is 2.36. The van der Waals surface area contributed by atoms with E-state index in [1.807, 2.05) is 18.2 Å². The van der Waals surface area contributed by atoms with Crippen molar-refractivity contribution in [3.8, 4) is 0 Å². The van der Waals surface area contributed by atoms with Crippen molar-refractivity contribution < 1.29 is 9.35 Å². The molecule has 1 aliphatic heterocycles. The molecule has 1 saturated heterocycles. The van der Waals surface area contributed by atoms with Crippen LogP contribution in [0.5, 0.6) is 0 Å². The highest BCUT2D eigenvalue weighted by Crippen LogP contribution is 2.20. The van der Waals surface area contributed by atoms with Gasteiger partial charge in [0.25, 0.3) is 0 Å². The van der Waals surface area contributed by atoms with Crippen molar-refractivity contribution in [2.24, 2.45) is 0 Å². The zero-order valence-corrected chi connectivity index (χ0v) is 7.71. The van der Waals surface area contributed by atoms with Gasteiger partial charge in [-0.05, 0) is 12.1 Å². The largest absolute Gasteiger partial charge is 0.610 e. The lowest BCUT2D eigenvalue weighted by molar-refractivity contribution is -0.126. The predicted octanol–water partition coefficient (Wildman–Crippen LogP) is 0.640. The van der Waals surface area contributed by atoms with Gasteiger partial charge in [-0.25, -0.2) is 0 Å². The van der Waals surface area contributed by atoms with Crippen LogP contribution >= 0.6 is 0 Å². The lowest BCUT2D eigenvalue weighted by Crippen LogP contribution is -2.52. The van der Waals surface area contributed by atoms with Crippen LogP contribution in [0.2, 0.25) is 0 Å². The van der Waals surface area contributed by atoms with Crippen LogP contribution in [0.1, 0.15) is 6.42 Å². The van der Waals surface area contributed by atoms with Crippen LogP contribution in [0.3, 0.4) is 0 Å². The van der Waals surface area contributed by atoms with Crippen LogP contribution in [-0.4, -0.2) is 15.8 Å². The first-order chi connectivity index (χ1) is 6.27. The van der Waals surface area contributed by atoms with Gasteiger partial charge in [0, 0.05) is 11.2 Å². The number of β-lactam (4-membered cyclic amide) rings is 1. The number of benzene rings is 1. The quantitative estimate of drug-likeness (QED) is 0.556. The fourth-order valence-corrected chi connectivity index (χ4v) is 2.47. The number of rotatable bonds is 2. The Bertz CT molecular complexity index is 307. The van der Waals surface area contributed by atoms with E-state index in [1.165, 1.54) is 0 Å². The van der Waals surface area contributed by atoms with E-state index in [0.29, 0.717) is 6.42 Å². The van der Waals surface area contributed by atoms with Crippen molar-refractivity contribution in [1.82, 2.24) is 5.32 Å². The molecule has 1 aliphatic rings. The summed E-state index contributed by atoms with van der Waals surface area (Å²) in [5.41, 5.74) is 0. The zero-order valence-electron chi connectivity index (χ0n) is 6.90. The molecule has 0 radical (unpaired) electrons. The molecule has 2 atom stereocenters. The van der Waals surface area contributed by atoms with E-state index in [4.69, 9.17) is 0 Å². The maximum Gasteiger partial charge on any atom is 0.230 e. The Morgan fingerprint density at radius 2 is 2.00 bits per heavy atom. The second-order valence-corrected chi connectivity index (χ2v) is 4.51. The summed E-state index contributed by atoms with van der Waals surface area (Å²) < 4.78 is 11.7. The average molecular weight is 195 g/mol. The summed E-state index contributed by atoms with van der Waals surface area (Å²) in [6, 6.07) is 9.17. The molecule has 1 amide bonds. The molecule has 1 aromatic carbocycles. The molecule has 1 fully saturated rings. The SMILES string of the molecule is O=C1CC([S+]([O-])c2ccccc2)N1. The van der Waals surface area contributed by atoms with E-state index < -0.39 is 11.2 Å². The van der Waals surface area contributed by atoms with Crippen molar-refractivity contribution in [2.45, 2.75) is 16.7 Å². The monoisotopic (exact) mass is 195 g/mol. The van der Waals surface area contributed by atoms with E-state index in [9.17, 15) is 9.35 Å². The van der Waals surface area contributed by atoms with Crippen molar-refractivity contribution in [2.75, 3.05) is 0 Å². The summed E-state index contributed by atoms with van der Waals surface area (Å²) in [6.45, 7) is 0. The summed E-state index contributed by atoms with van der Waals surface area (Å²) in [5, 5.41) is 2.42. The molecule has 1 N–H and O–H groups in total. The summed E-state index contributed by atoms with van der Waals surface area (Å²) in [7, 11) is 0. The summed E-state index contributed by atoms with van der Waals surface area (Å²) in [4.78, 5) is 11.4. The lowest BCUT2D eigenvalue weighted by Gasteiger charge is -2.28. The molecule has 1 heterocycles. The fraction of sp³-hybridized carbons (Fsp3) is 0.222. The molecule has 3 nitrogen and oxygen atoms in total. The maximum atomic E-state index is 11.7. The minimum atomic E-state index is -1.09. The number of hydrogen-bond donors (Lipinski definition) is 1. The van der Waals surface area contributed by atoms with Crippen LogP contribution < -0.4 is 5.32 Å². The van der Waals surface area contributed by atoms with Gasteiger partial charge in [0.05, 0.1) is 6.42 Å². The van der Waals surface area contributed by atoms with E-state index >= 15 is 0 Å². The number of carbonyl (C=O) groups is 1. The molecule has 2 rings (SSSR count). The van der Waals surface area contributed by atoms with Crippen molar-refractivity contribution >= 4 is 17.1 Å². The third-order valence-corrected chi connectivity index (χ3v) is 3.46. The molecular formula is C9H9NO2S. The van der Waals surface area contributed by atoms with Gasteiger partial charge in [0.2, 0.25) is 11.3 Å². The van der Waals surface area contributed by atoms with E-state index in [0.717, 1.165) is 4.90 Å². The van der Waals surface area contributed by atoms with Gasteiger partial charge in [-0.3, -0.25) is 4.79 Å². The number of amides is 1. The molecule has 4 heteroatoms. The van der Waals surface area contributed by atoms with Crippen LogP contribution in [0.15, 0.2) is 35.2 Å². The topological polar surface area (TPSA) is 52.2 Å². The number of hydrogen-bond acceptors (Lipinski definition) is 2. The molecule has 1 aromatic rings. The lowest BCUT2D eigenvalue weighted by atomic mass is 10.3. The van der Waals surface area contributed by atoms with Gasteiger partial charge in [0.1, 0.15) is 0 Å². The first-order valence-electron chi connectivity index (χ1n) is 4.02. The van der Waals surface area contributed by atoms with Gasteiger partial charge in [-0.15, -0.1) is 0 Å². The van der Waals surface area contributed by atoms with Crippen LogP contribution in [-0.2, 0) is 16.0 Å². The van der Waals surface area contributed by atoms with Gasteiger partial charge < -0.3 is 9.87 Å². The normalized spacial score (nSPS) is 23.2. The van der Waals surface area contributed by atoms with Gasteiger partial charge >= 0.3 is 0 Å². The third kappa shape index (κ3) is 1.68. The highest BCUT2D eigenvalue weighted by atomic mass is 32.2. The standard InChI is InChI=1S/C9H9NO2S/c11-8-6-9(10-8)13(12)7-4-2-1-3-5-7/h1-5,9H,6H2,(H,10,11). The Hall–Kier alpha value is -1.00. The minimum Gasteiger partial charge on any atom is -0.610 e. The number of nitrogens with one attached hydrogen (secondary N) is 1. The average Bonchev–Trinajstić information content (AvgIpc) is 2.13. The highest BCUT2D eigenvalue weighted by molar-refractivity contribution is 7.92. The summed E-state index contributed by atoms with van der Waals surface area (Å²) in [5.74, 6) is -0.0192. The van der Waals surface area contributed by atoms with E-state index in [1.54, 1.807) is 12.1 Å². The second kappa shape index (κ2) is 3.40. The Morgan fingerprint density at radius 3 is 2.54 bits per heavy atom. The van der Waals surface area contributed by atoms with Gasteiger partial charge in [-0.1, -0.05) is 18.2 Å². The predicted molar refractivity (Wildman–Crippen MR) is 49.4 cm³/mol. The first-order valence-corrected chi connectivity index (χ1v) is 5.23. The van der Waals surface area contributed by atoms with Gasteiger partial charge in [0.15, 0.2) is 4.90 Å². The molecule has 0 aromatic heterocycles. The molecule has 2 unspecified atom stereocenters. The Balaban J connectivity index is 2.06. The smallest absolute Gasteiger partial charge is 0.230 e. The van der Waals surface area contributed by atoms with Gasteiger partial charge in [-0.2, -0.15) is 0 Å². The summed E-state index contributed by atoms with van der Waals surface area (Å²) >= 11 is -1.09. The number of carbonyl (C=O) groups excluding carboxylic acids is 1. The molecule has 0 bridgehead atoms. The third-order valence-electron chi connectivity index (χ3n) is 1.93. The minimum absolute atomic E-state index is 0.0192. The molecule has 0 saturated carbocycles. The van der Waals surface area contributed by atoms with Crippen LogP contribution in [0, 0.1) is 0 Å². The summed E-state index contributed by atoms with van der Waals surface area (Å²) in [6.07, 6.45) is 0.376. The van der Waals surface area contributed by atoms with Crippen molar-refractivity contribution in [3.05, 3.63) is 30.3 Å². The Kier molecular flexibility index (Phi) is 2.24. The molecule has 68 valence electrons. The Labute approximate surface area is 79.3 Å². The molecule has 0 spiro atoms. The fourth-order valence-electron chi connectivity index (χ4n) is 1.17. The zero-order chi connectivity index (χ0) is 9.26. The molecular weight excluding hydrogens is 186 g/mol. The van der Waals surface area contributed by atoms with Crippen molar-refractivity contribution in [1.29, 1.82) is 0 Å². The molecule has 0 aliphatic carbocycles. The van der Waals surface area contributed by atoms with Crippen LogP contribution in [0.25, 0.3) is 0 Å². The Morgan fingerprint density at radius 1 is 1.38 bits per heavy atom. The van der Waals surface area contributed by atoms with E-state index in [-0.39, 0.29) is 11.3 Å². The first kappa shape index (κ1) is 8.59. The van der Waals surface area contributed by atoms with E-state index in [2.05, 4.69) is 5.32 Å². The van der Waals surface area contributed by atoms with Crippen LogP contribution in [0.4, 0.5) is 0 Å². The van der Waals surface area contributed by atoms with Crippen molar-refractivity contribution in [3.63, 3.8) is 0 Å². The molecule has 13 heavy (non-hydrogen) atoms. The second-order valence-electron chi connectivity index (χ2n) is 2.87.